The maximum Gasteiger partial charge on any atom is 0.151 e. The van der Waals surface area contributed by atoms with E-state index in [0.717, 1.165) is 43.8 Å². The van der Waals surface area contributed by atoms with Crippen LogP contribution in [0.3, 0.4) is 0 Å². The molecule has 108 valence electrons. The number of nitrogens with two attached hydrogens (primary N) is 1. The molecule has 0 radical (unpaired) electrons. The Hall–Kier alpha value is -1.59. The van der Waals surface area contributed by atoms with Crippen LogP contribution in [0.15, 0.2) is 24.4 Å². The van der Waals surface area contributed by atoms with Crippen LogP contribution >= 0.6 is 0 Å². The number of imidazole rings is 1. The second-order valence-electron chi connectivity index (χ2n) is 5.27. The first kappa shape index (κ1) is 13.4. The number of aromatic nitrogens is 2. The smallest absolute Gasteiger partial charge is 0.151 e. The Morgan fingerprint density at radius 3 is 2.85 bits per heavy atom. The second-order valence-corrected chi connectivity index (χ2v) is 5.27. The van der Waals surface area contributed by atoms with E-state index in [0.29, 0.717) is 12.6 Å². The van der Waals surface area contributed by atoms with Gasteiger partial charge in [0.2, 0.25) is 0 Å². The lowest BCUT2D eigenvalue weighted by Crippen LogP contribution is -2.37. The van der Waals surface area contributed by atoms with Crippen molar-refractivity contribution >= 4 is 11.5 Å². The molecule has 0 saturated carbocycles. The molecule has 2 aromatic heterocycles. The molecule has 0 atom stereocenters. The Bertz CT molecular complexity index is 572. The Morgan fingerprint density at radius 2 is 2.15 bits per heavy atom. The fourth-order valence-corrected chi connectivity index (χ4v) is 2.96. The molecule has 1 saturated heterocycles. The molecule has 3 heterocycles. The predicted octanol–water partition coefficient (Wildman–Crippen LogP) is 1.45. The summed E-state index contributed by atoms with van der Waals surface area (Å²) in [6.07, 6.45) is 5.43. The average molecular weight is 274 g/mol. The largest absolute Gasteiger partial charge is 0.381 e. The normalized spacial score (nSPS) is 17.0. The maximum absolute atomic E-state index is 5.77. The first-order chi connectivity index (χ1) is 9.83. The number of rotatable bonds is 4. The molecule has 0 unspecified atom stereocenters. The molecule has 5 heteroatoms. The molecule has 0 aliphatic carbocycles. The second kappa shape index (κ2) is 5.81. The lowest BCUT2D eigenvalue weighted by Gasteiger charge is -2.32. The number of methoxy groups -OCH3 is 1. The third-order valence-electron chi connectivity index (χ3n) is 4.06. The summed E-state index contributed by atoms with van der Waals surface area (Å²) in [6, 6.07) is 6.11. The molecular weight excluding hydrogens is 252 g/mol. The van der Waals surface area contributed by atoms with E-state index in [9.17, 15) is 0 Å². The molecule has 0 aromatic carbocycles. The van der Waals surface area contributed by atoms with Crippen molar-refractivity contribution in [1.29, 1.82) is 0 Å². The van der Waals surface area contributed by atoms with E-state index >= 15 is 0 Å². The summed E-state index contributed by atoms with van der Waals surface area (Å²) in [5.74, 6) is 1.09. The van der Waals surface area contributed by atoms with Crippen LogP contribution in [0.1, 0.15) is 18.5 Å². The molecule has 1 fully saturated rings. The van der Waals surface area contributed by atoms with Crippen molar-refractivity contribution in [3.8, 4) is 0 Å². The van der Waals surface area contributed by atoms with Crippen molar-refractivity contribution in [3.63, 3.8) is 0 Å². The Balaban J connectivity index is 1.92. The van der Waals surface area contributed by atoms with Crippen LogP contribution < -0.4 is 10.6 Å². The van der Waals surface area contributed by atoms with Crippen LogP contribution in [0.4, 0.5) is 5.82 Å². The molecule has 2 aromatic rings. The van der Waals surface area contributed by atoms with Crippen molar-refractivity contribution in [2.24, 2.45) is 5.73 Å². The van der Waals surface area contributed by atoms with Gasteiger partial charge in [0.1, 0.15) is 5.65 Å². The van der Waals surface area contributed by atoms with Gasteiger partial charge in [0.15, 0.2) is 5.82 Å². The van der Waals surface area contributed by atoms with E-state index in [1.807, 2.05) is 18.2 Å². The highest BCUT2D eigenvalue weighted by Crippen LogP contribution is 2.25. The number of piperidine rings is 1. The van der Waals surface area contributed by atoms with Crippen molar-refractivity contribution in [2.45, 2.75) is 25.4 Å². The van der Waals surface area contributed by atoms with Crippen LogP contribution in [-0.2, 0) is 11.2 Å². The van der Waals surface area contributed by atoms with Crippen LogP contribution in [0.5, 0.6) is 0 Å². The minimum atomic E-state index is 0.390. The Morgan fingerprint density at radius 1 is 1.35 bits per heavy atom. The van der Waals surface area contributed by atoms with Gasteiger partial charge >= 0.3 is 0 Å². The third kappa shape index (κ3) is 2.39. The summed E-state index contributed by atoms with van der Waals surface area (Å²) in [5.41, 5.74) is 7.99. The number of hydrogen-bond donors (Lipinski definition) is 1. The molecule has 0 bridgehead atoms. The number of pyridine rings is 1. The van der Waals surface area contributed by atoms with Gasteiger partial charge < -0.3 is 19.8 Å². The van der Waals surface area contributed by atoms with Crippen molar-refractivity contribution < 1.29 is 4.74 Å². The number of hydrogen-bond acceptors (Lipinski definition) is 4. The van der Waals surface area contributed by atoms with Crippen LogP contribution in [0.25, 0.3) is 5.65 Å². The molecule has 5 nitrogen and oxygen atoms in total. The first-order valence-electron chi connectivity index (χ1n) is 7.27. The number of fused-ring (bicyclic) bond motifs is 1. The third-order valence-corrected chi connectivity index (χ3v) is 4.06. The van der Waals surface area contributed by atoms with Crippen molar-refractivity contribution in [1.82, 2.24) is 9.38 Å². The lowest BCUT2D eigenvalue weighted by atomic mass is 10.1. The molecule has 0 spiro atoms. The predicted molar refractivity (Wildman–Crippen MR) is 80.2 cm³/mol. The maximum atomic E-state index is 5.77. The zero-order valence-electron chi connectivity index (χ0n) is 12.0. The standard InChI is InChI=1S/C15H22N4O/c1-20-12-6-10-18(11-7-12)15-13(5-8-16)19-9-3-2-4-14(19)17-15/h2-4,9,12H,5-8,10-11,16H2,1H3. The highest BCUT2D eigenvalue weighted by molar-refractivity contribution is 5.56. The highest BCUT2D eigenvalue weighted by Gasteiger charge is 2.23. The fourth-order valence-electron chi connectivity index (χ4n) is 2.96. The fraction of sp³-hybridized carbons (Fsp3) is 0.533. The average Bonchev–Trinajstić information content (AvgIpc) is 2.87. The molecule has 1 aliphatic rings. The molecule has 1 aliphatic heterocycles. The number of ether oxygens (including phenoxy) is 1. The SMILES string of the molecule is COC1CCN(c2nc3ccccn3c2CCN)CC1. The molecular formula is C15H22N4O. The summed E-state index contributed by atoms with van der Waals surface area (Å²) in [6.45, 7) is 2.64. The molecule has 3 rings (SSSR count). The van der Waals surface area contributed by atoms with Crippen molar-refractivity contribution in [3.05, 3.63) is 30.1 Å². The van der Waals surface area contributed by atoms with E-state index in [1.165, 1.54) is 5.69 Å². The van der Waals surface area contributed by atoms with Gasteiger partial charge in [0, 0.05) is 32.8 Å². The first-order valence-corrected chi connectivity index (χ1v) is 7.27. The van der Waals surface area contributed by atoms with E-state index in [-0.39, 0.29) is 0 Å². The van der Waals surface area contributed by atoms with Crippen LogP contribution in [0.2, 0.25) is 0 Å². The number of nitrogens with zero attached hydrogens (tertiary/aromatic N) is 3. The zero-order chi connectivity index (χ0) is 13.9. The quantitative estimate of drug-likeness (QED) is 0.917. The zero-order valence-corrected chi connectivity index (χ0v) is 12.0. The van der Waals surface area contributed by atoms with E-state index in [1.54, 1.807) is 7.11 Å². The van der Waals surface area contributed by atoms with Gasteiger partial charge in [0.25, 0.3) is 0 Å². The summed E-state index contributed by atoms with van der Waals surface area (Å²) < 4.78 is 7.60. The van der Waals surface area contributed by atoms with Gasteiger partial charge in [-0.25, -0.2) is 4.98 Å². The van der Waals surface area contributed by atoms with Gasteiger partial charge in [-0.3, -0.25) is 0 Å². The summed E-state index contributed by atoms with van der Waals surface area (Å²) in [5, 5.41) is 0. The van der Waals surface area contributed by atoms with Gasteiger partial charge in [-0.1, -0.05) is 6.07 Å². The summed E-state index contributed by atoms with van der Waals surface area (Å²) in [4.78, 5) is 7.17. The monoisotopic (exact) mass is 274 g/mol. The molecule has 0 amide bonds. The lowest BCUT2D eigenvalue weighted by molar-refractivity contribution is 0.0818. The van der Waals surface area contributed by atoms with E-state index in [2.05, 4.69) is 15.5 Å². The van der Waals surface area contributed by atoms with Crippen LogP contribution in [-0.4, -0.2) is 42.2 Å². The molecule has 2 N–H and O–H groups in total. The minimum absolute atomic E-state index is 0.390. The van der Waals surface area contributed by atoms with Gasteiger partial charge in [-0.05, 0) is 31.5 Å². The summed E-state index contributed by atoms with van der Waals surface area (Å²) in [7, 11) is 1.80. The summed E-state index contributed by atoms with van der Waals surface area (Å²) >= 11 is 0. The van der Waals surface area contributed by atoms with Crippen molar-refractivity contribution in [2.75, 3.05) is 31.6 Å². The Kier molecular flexibility index (Phi) is 3.89. The van der Waals surface area contributed by atoms with E-state index < -0.39 is 0 Å². The highest BCUT2D eigenvalue weighted by atomic mass is 16.5. The van der Waals surface area contributed by atoms with Gasteiger partial charge in [-0.2, -0.15) is 0 Å². The Labute approximate surface area is 119 Å². The van der Waals surface area contributed by atoms with E-state index in [4.69, 9.17) is 15.5 Å². The van der Waals surface area contributed by atoms with Gasteiger partial charge in [-0.15, -0.1) is 0 Å². The molecule has 20 heavy (non-hydrogen) atoms. The van der Waals surface area contributed by atoms with Crippen LogP contribution in [0, 0.1) is 0 Å². The number of anilines is 1. The van der Waals surface area contributed by atoms with Gasteiger partial charge in [0.05, 0.1) is 11.8 Å². The topological polar surface area (TPSA) is 55.8 Å². The minimum Gasteiger partial charge on any atom is -0.381 e.